The van der Waals surface area contributed by atoms with Crippen LogP contribution in [0.25, 0.3) is 0 Å². The maximum Gasteiger partial charge on any atom is 0.196 e. The molecule has 0 N–H and O–H groups in total. The summed E-state index contributed by atoms with van der Waals surface area (Å²) in [5, 5.41) is 0.483. The zero-order valence-corrected chi connectivity index (χ0v) is 12.1. The van der Waals surface area contributed by atoms with Gasteiger partial charge >= 0.3 is 0 Å². The Labute approximate surface area is 122 Å². The maximum atomic E-state index is 13.7. The lowest BCUT2D eigenvalue weighted by molar-refractivity contribution is 0.103. The van der Waals surface area contributed by atoms with Gasteiger partial charge in [0.15, 0.2) is 5.78 Å². The molecule has 1 nitrogen and oxygen atoms in total. The van der Waals surface area contributed by atoms with E-state index in [9.17, 15) is 13.6 Å². The molecule has 0 heterocycles. The fourth-order valence-electron chi connectivity index (χ4n) is 1.72. The molecule has 98 valence electrons. The smallest absolute Gasteiger partial charge is 0.196 e. The van der Waals surface area contributed by atoms with Crippen LogP contribution in [0.4, 0.5) is 8.78 Å². The van der Waals surface area contributed by atoms with Crippen LogP contribution in [0.5, 0.6) is 0 Å². The zero-order chi connectivity index (χ0) is 14.2. The first-order chi connectivity index (χ1) is 8.90. The van der Waals surface area contributed by atoms with Gasteiger partial charge in [-0.3, -0.25) is 4.79 Å². The molecule has 0 aromatic heterocycles. The molecule has 0 bridgehead atoms. The zero-order valence-electron chi connectivity index (χ0n) is 9.81. The number of benzene rings is 2. The van der Waals surface area contributed by atoms with Gasteiger partial charge < -0.3 is 0 Å². The average Bonchev–Trinajstić information content (AvgIpc) is 2.33. The lowest BCUT2D eigenvalue weighted by atomic mass is 9.99. The molecule has 19 heavy (non-hydrogen) atoms. The van der Waals surface area contributed by atoms with Crippen molar-refractivity contribution < 1.29 is 13.6 Å². The highest BCUT2D eigenvalue weighted by Crippen LogP contribution is 2.24. The van der Waals surface area contributed by atoms with E-state index >= 15 is 0 Å². The molecule has 0 saturated carbocycles. The first-order valence-corrected chi connectivity index (χ1v) is 6.52. The number of aryl methyl sites for hydroxylation is 1. The molecule has 5 heteroatoms. The van der Waals surface area contributed by atoms with Crippen molar-refractivity contribution in [2.45, 2.75) is 6.92 Å². The van der Waals surface area contributed by atoms with Gasteiger partial charge in [0.05, 0.1) is 10.0 Å². The van der Waals surface area contributed by atoms with Crippen LogP contribution in [0, 0.1) is 18.6 Å². The molecule has 2 aromatic carbocycles. The molecule has 0 fully saturated rings. The Morgan fingerprint density at radius 3 is 2.42 bits per heavy atom. The van der Waals surface area contributed by atoms with Crippen LogP contribution in [0.15, 0.2) is 34.8 Å². The van der Waals surface area contributed by atoms with Gasteiger partial charge in [0.2, 0.25) is 0 Å². The highest BCUT2D eigenvalue weighted by Gasteiger charge is 2.18. The van der Waals surface area contributed by atoms with Gasteiger partial charge in [-0.1, -0.05) is 11.6 Å². The van der Waals surface area contributed by atoms with E-state index in [2.05, 4.69) is 15.9 Å². The molecule has 0 aliphatic heterocycles. The van der Waals surface area contributed by atoms with Crippen LogP contribution < -0.4 is 0 Å². The standard InChI is InChI=1S/C14H8BrClF2O/c1-7-4-8(16)2-3-9(7)14(19)10-5-13(18)11(15)6-12(10)17/h2-6H,1H3. The van der Waals surface area contributed by atoms with Crippen molar-refractivity contribution in [3.63, 3.8) is 0 Å². The monoisotopic (exact) mass is 344 g/mol. The first kappa shape index (κ1) is 14.2. The minimum absolute atomic E-state index is 0.0191. The lowest BCUT2D eigenvalue weighted by Gasteiger charge is -2.07. The molecular formula is C14H8BrClF2O. The van der Waals surface area contributed by atoms with E-state index in [1.54, 1.807) is 13.0 Å². The summed E-state index contributed by atoms with van der Waals surface area (Å²) in [6.07, 6.45) is 0. The molecule has 0 aliphatic rings. The van der Waals surface area contributed by atoms with Gasteiger partial charge in [0, 0.05) is 10.6 Å². The Hall–Kier alpha value is -1.26. The number of halogens is 4. The Morgan fingerprint density at radius 1 is 1.11 bits per heavy atom. The third-order valence-corrected chi connectivity index (χ3v) is 3.53. The Balaban J connectivity index is 2.53. The highest BCUT2D eigenvalue weighted by molar-refractivity contribution is 9.10. The van der Waals surface area contributed by atoms with E-state index in [1.165, 1.54) is 12.1 Å². The van der Waals surface area contributed by atoms with E-state index in [0.29, 0.717) is 16.1 Å². The topological polar surface area (TPSA) is 17.1 Å². The molecule has 0 amide bonds. The minimum Gasteiger partial charge on any atom is -0.288 e. The number of rotatable bonds is 2. The fraction of sp³-hybridized carbons (Fsp3) is 0.0714. The quantitative estimate of drug-likeness (QED) is 0.558. The van der Waals surface area contributed by atoms with E-state index in [4.69, 9.17) is 11.6 Å². The first-order valence-electron chi connectivity index (χ1n) is 5.35. The summed E-state index contributed by atoms with van der Waals surface area (Å²) in [5.41, 5.74) is 0.608. The van der Waals surface area contributed by atoms with Crippen molar-refractivity contribution in [3.05, 3.63) is 68.2 Å². The van der Waals surface area contributed by atoms with E-state index in [-0.39, 0.29) is 10.0 Å². The molecule has 0 saturated heterocycles. The minimum atomic E-state index is -0.771. The molecule has 0 spiro atoms. The summed E-state index contributed by atoms with van der Waals surface area (Å²) in [6.45, 7) is 1.69. The van der Waals surface area contributed by atoms with Crippen LogP contribution in [0.3, 0.4) is 0 Å². The molecule has 0 radical (unpaired) electrons. The maximum absolute atomic E-state index is 13.7. The van der Waals surface area contributed by atoms with Crippen molar-refractivity contribution in [3.8, 4) is 0 Å². The van der Waals surface area contributed by atoms with Crippen LogP contribution >= 0.6 is 27.5 Å². The summed E-state index contributed by atoms with van der Waals surface area (Å²) in [7, 11) is 0. The normalized spacial score (nSPS) is 10.6. The fourth-order valence-corrected chi connectivity index (χ4v) is 2.27. The predicted octanol–water partition coefficient (Wildman–Crippen LogP) is 4.92. The highest BCUT2D eigenvalue weighted by atomic mass is 79.9. The molecular weight excluding hydrogens is 338 g/mol. The van der Waals surface area contributed by atoms with Gasteiger partial charge in [-0.05, 0) is 58.7 Å². The molecule has 2 aromatic rings. The molecule has 0 atom stereocenters. The summed E-state index contributed by atoms with van der Waals surface area (Å²) < 4.78 is 27.1. The van der Waals surface area contributed by atoms with Gasteiger partial charge in [0.25, 0.3) is 0 Å². The average molecular weight is 346 g/mol. The second kappa shape index (κ2) is 5.39. The largest absolute Gasteiger partial charge is 0.288 e. The van der Waals surface area contributed by atoms with Crippen LogP contribution in [0.1, 0.15) is 21.5 Å². The van der Waals surface area contributed by atoms with E-state index in [1.807, 2.05) is 0 Å². The van der Waals surface area contributed by atoms with Crippen molar-refractivity contribution in [1.29, 1.82) is 0 Å². The van der Waals surface area contributed by atoms with Crippen LogP contribution in [-0.2, 0) is 0 Å². The molecule has 2 rings (SSSR count). The predicted molar refractivity (Wildman–Crippen MR) is 73.7 cm³/mol. The summed E-state index contributed by atoms with van der Waals surface area (Å²) >= 11 is 8.66. The van der Waals surface area contributed by atoms with Gasteiger partial charge in [-0.2, -0.15) is 0 Å². The lowest BCUT2D eigenvalue weighted by Crippen LogP contribution is -2.07. The van der Waals surface area contributed by atoms with Crippen molar-refractivity contribution >= 4 is 33.3 Å². The van der Waals surface area contributed by atoms with Gasteiger partial charge in [0.1, 0.15) is 11.6 Å². The number of hydrogen-bond acceptors (Lipinski definition) is 1. The Kier molecular flexibility index (Phi) is 4.02. The SMILES string of the molecule is Cc1cc(Cl)ccc1C(=O)c1cc(F)c(Br)cc1F. The summed E-state index contributed by atoms with van der Waals surface area (Å²) in [5.74, 6) is -2.03. The second-order valence-electron chi connectivity index (χ2n) is 4.03. The van der Waals surface area contributed by atoms with Crippen LogP contribution in [-0.4, -0.2) is 5.78 Å². The second-order valence-corrected chi connectivity index (χ2v) is 5.33. The van der Waals surface area contributed by atoms with E-state index in [0.717, 1.165) is 12.1 Å². The summed E-state index contributed by atoms with van der Waals surface area (Å²) in [4.78, 5) is 12.2. The molecule has 0 unspecified atom stereocenters. The summed E-state index contributed by atoms with van der Waals surface area (Å²) in [6, 6.07) is 6.46. The third kappa shape index (κ3) is 2.85. The van der Waals surface area contributed by atoms with E-state index < -0.39 is 17.4 Å². The van der Waals surface area contributed by atoms with Crippen molar-refractivity contribution in [1.82, 2.24) is 0 Å². The van der Waals surface area contributed by atoms with Crippen LogP contribution in [0.2, 0.25) is 5.02 Å². The number of ketones is 1. The number of hydrogen-bond donors (Lipinski definition) is 0. The number of carbonyl (C=O) groups excluding carboxylic acids is 1. The van der Waals surface area contributed by atoms with Gasteiger partial charge in [-0.15, -0.1) is 0 Å². The molecule has 0 aliphatic carbocycles. The third-order valence-electron chi connectivity index (χ3n) is 2.69. The Bertz CT molecular complexity index is 671. The number of carbonyl (C=O) groups is 1. The van der Waals surface area contributed by atoms with Gasteiger partial charge in [-0.25, -0.2) is 8.78 Å². The van der Waals surface area contributed by atoms with Crippen molar-refractivity contribution in [2.75, 3.05) is 0 Å². The van der Waals surface area contributed by atoms with Crippen molar-refractivity contribution in [2.24, 2.45) is 0 Å². The Morgan fingerprint density at radius 2 is 1.79 bits per heavy atom.